The number of benzene rings is 2. The second kappa shape index (κ2) is 9.52. The number of hydrogen-bond acceptors (Lipinski definition) is 5. The molecule has 1 aromatic heterocycles. The van der Waals surface area contributed by atoms with E-state index in [4.69, 9.17) is 4.42 Å². The number of nitrogens with one attached hydrogen (secondary N) is 1. The van der Waals surface area contributed by atoms with E-state index in [-0.39, 0.29) is 41.3 Å². The van der Waals surface area contributed by atoms with Crippen molar-refractivity contribution in [1.29, 1.82) is 0 Å². The Kier molecular flexibility index (Phi) is 6.71. The summed E-state index contributed by atoms with van der Waals surface area (Å²) in [6, 6.07) is 14.1. The molecule has 1 aliphatic rings. The maximum absolute atomic E-state index is 12.8. The molecule has 3 aromatic rings. The van der Waals surface area contributed by atoms with Crippen molar-refractivity contribution < 1.29 is 17.6 Å². The van der Waals surface area contributed by atoms with E-state index < -0.39 is 15.8 Å². The van der Waals surface area contributed by atoms with Crippen molar-refractivity contribution in [2.24, 2.45) is 5.92 Å². The number of aromatic nitrogens is 1. The van der Waals surface area contributed by atoms with Crippen molar-refractivity contribution in [2.75, 3.05) is 13.1 Å². The van der Waals surface area contributed by atoms with Gasteiger partial charge in [-0.1, -0.05) is 44.2 Å². The summed E-state index contributed by atoms with van der Waals surface area (Å²) in [4.78, 5) is 25.2. The lowest BCUT2D eigenvalue weighted by molar-refractivity contribution is -0.122. The van der Waals surface area contributed by atoms with Gasteiger partial charge in [-0.2, -0.15) is 4.31 Å². The molecule has 176 valence electrons. The fourth-order valence-electron chi connectivity index (χ4n) is 4.25. The quantitative estimate of drug-likeness (QED) is 0.543. The molecule has 0 spiro atoms. The van der Waals surface area contributed by atoms with E-state index in [1.165, 1.54) is 21.0 Å². The Morgan fingerprint density at radius 2 is 1.79 bits per heavy atom. The summed E-state index contributed by atoms with van der Waals surface area (Å²) in [5.41, 5.74) is 1.69. The van der Waals surface area contributed by atoms with Crippen molar-refractivity contribution >= 4 is 27.0 Å². The van der Waals surface area contributed by atoms with Crippen LogP contribution >= 0.6 is 0 Å². The second-order valence-corrected chi connectivity index (χ2v) is 10.6. The van der Waals surface area contributed by atoms with E-state index in [0.29, 0.717) is 18.6 Å². The number of carbonyl (C=O) groups is 1. The molecule has 2 heterocycles. The number of carbonyl (C=O) groups excluding carboxylic acids is 1. The second-order valence-electron chi connectivity index (χ2n) is 8.71. The van der Waals surface area contributed by atoms with E-state index in [0.717, 1.165) is 18.4 Å². The largest absolute Gasteiger partial charge is 0.419 e. The van der Waals surface area contributed by atoms with Crippen molar-refractivity contribution in [3.05, 3.63) is 64.6 Å². The molecule has 1 unspecified atom stereocenters. The summed E-state index contributed by atoms with van der Waals surface area (Å²) in [6.45, 7) is 5.22. The number of sulfonamides is 1. The lowest BCUT2D eigenvalue weighted by Gasteiger charge is -2.23. The standard InChI is InChI=1S/C24H29N3O5S/c1-17(2)23(18-8-4-3-5-9-18)25-22(28)12-15-27-20-11-10-19(16-21(20)32-24(27)29)33(30,31)26-13-6-7-14-26/h3-5,8-11,16-17,23H,6-7,12-15H2,1-2H3,(H,25,28). The van der Waals surface area contributed by atoms with E-state index >= 15 is 0 Å². The van der Waals surface area contributed by atoms with Crippen LogP contribution in [0.3, 0.4) is 0 Å². The van der Waals surface area contributed by atoms with Gasteiger partial charge in [-0.15, -0.1) is 0 Å². The predicted octanol–water partition coefficient (Wildman–Crippen LogP) is 3.28. The molecule has 1 fully saturated rings. The zero-order valence-corrected chi connectivity index (χ0v) is 19.7. The summed E-state index contributed by atoms with van der Waals surface area (Å²) in [5.74, 6) is -0.589. The van der Waals surface area contributed by atoms with E-state index in [1.54, 1.807) is 6.07 Å². The summed E-state index contributed by atoms with van der Waals surface area (Å²) in [5, 5.41) is 3.05. The molecule has 9 heteroatoms. The molecule has 0 radical (unpaired) electrons. The smallest absolute Gasteiger partial charge is 0.408 e. The van der Waals surface area contributed by atoms with Crippen LogP contribution in [0.1, 0.15) is 44.7 Å². The fourth-order valence-corrected chi connectivity index (χ4v) is 5.78. The highest BCUT2D eigenvalue weighted by atomic mass is 32.2. The number of nitrogens with zero attached hydrogens (tertiary/aromatic N) is 2. The average molecular weight is 472 g/mol. The van der Waals surface area contributed by atoms with Gasteiger partial charge in [0.1, 0.15) is 0 Å². The zero-order valence-electron chi connectivity index (χ0n) is 18.9. The van der Waals surface area contributed by atoms with Gasteiger partial charge in [0.25, 0.3) is 0 Å². The maximum atomic E-state index is 12.8. The van der Waals surface area contributed by atoms with Crippen LogP contribution in [0.15, 0.2) is 62.6 Å². The highest BCUT2D eigenvalue weighted by molar-refractivity contribution is 7.89. The molecule has 1 saturated heterocycles. The molecule has 4 rings (SSSR count). The number of hydrogen-bond donors (Lipinski definition) is 1. The monoisotopic (exact) mass is 471 g/mol. The lowest BCUT2D eigenvalue weighted by Crippen LogP contribution is -2.32. The van der Waals surface area contributed by atoms with E-state index in [9.17, 15) is 18.0 Å². The lowest BCUT2D eigenvalue weighted by atomic mass is 9.96. The Morgan fingerprint density at radius 3 is 2.45 bits per heavy atom. The van der Waals surface area contributed by atoms with Gasteiger partial charge >= 0.3 is 5.76 Å². The molecule has 0 aliphatic carbocycles. The Labute approximate surface area is 193 Å². The van der Waals surface area contributed by atoms with Crippen molar-refractivity contribution in [3.63, 3.8) is 0 Å². The van der Waals surface area contributed by atoms with Crippen LogP contribution in [0, 0.1) is 5.92 Å². The Bertz CT molecular complexity index is 1290. The molecule has 1 amide bonds. The molecule has 1 atom stereocenters. The summed E-state index contributed by atoms with van der Waals surface area (Å²) in [6.07, 6.45) is 1.78. The third-order valence-corrected chi connectivity index (χ3v) is 7.94. The molecule has 33 heavy (non-hydrogen) atoms. The first-order valence-corrected chi connectivity index (χ1v) is 12.7. The van der Waals surface area contributed by atoms with Gasteiger partial charge in [0.2, 0.25) is 15.9 Å². The minimum absolute atomic E-state index is 0.0957. The van der Waals surface area contributed by atoms with Gasteiger partial charge in [0.05, 0.1) is 16.5 Å². The van der Waals surface area contributed by atoms with Crippen LogP contribution in [0.4, 0.5) is 0 Å². The van der Waals surface area contributed by atoms with Crippen LogP contribution in [0.5, 0.6) is 0 Å². The van der Waals surface area contributed by atoms with Crippen molar-refractivity contribution in [2.45, 2.75) is 50.6 Å². The molecule has 0 bridgehead atoms. The maximum Gasteiger partial charge on any atom is 0.419 e. The van der Waals surface area contributed by atoms with Crippen LogP contribution in [-0.4, -0.2) is 36.3 Å². The van der Waals surface area contributed by atoms with Gasteiger partial charge in [-0.3, -0.25) is 9.36 Å². The molecule has 1 aliphatic heterocycles. The predicted molar refractivity (Wildman–Crippen MR) is 125 cm³/mol. The first-order valence-electron chi connectivity index (χ1n) is 11.3. The highest BCUT2D eigenvalue weighted by Crippen LogP contribution is 2.25. The third-order valence-electron chi connectivity index (χ3n) is 6.05. The van der Waals surface area contributed by atoms with Crippen molar-refractivity contribution in [1.82, 2.24) is 14.2 Å². The molecular formula is C24H29N3O5S. The number of amides is 1. The Balaban J connectivity index is 1.49. The average Bonchev–Trinajstić information content (AvgIpc) is 3.44. The summed E-state index contributed by atoms with van der Waals surface area (Å²) in [7, 11) is -3.61. The van der Waals surface area contributed by atoms with Gasteiger partial charge < -0.3 is 9.73 Å². The van der Waals surface area contributed by atoms with Gasteiger partial charge in [0, 0.05) is 32.1 Å². The molecule has 2 aromatic carbocycles. The SMILES string of the molecule is CC(C)C(NC(=O)CCn1c(=O)oc2cc(S(=O)(=O)N3CCCC3)ccc21)c1ccccc1. The zero-order chi connectivity index (χ0) is 23.6. The molecule has 0 saturated carbocycles. The number of rotatable bonds is 8. The topological polar surface area (TPSA) is 102 Å². The van der Waals surface area contributed by atoms with Crippen LogP contribution in [0.2, 0.25) is 0 Å². The first kappa shape index (κ1) is 23.3. The Morgan fingerprint density at radius 1 is 1.09 bits per heavy atom. The number of aryl methyl sites for hydroxylation is 1. The van der Waals surface area contributed by atoms with Crippen LogP contribution in [0.25, 0.3) is 11.1 Å². The summed E-state index contributed by atoms with van der Waals surface area (Å²) < 4.78 is 33.7. The molecular weight excluding hydrogens is 442 g/mol. The third kappa shape index (κ3) is 4.89. The van der Waals surface area contributed by atoms with Crippen LogP contribution in [-0.2, 0) is 21.4 Å². The minimum atomic E-state index is -3.61. The Hall–Kier alpha value is -2.91. The number of oxazole rings is 1. The van der Waals surface area contributed by atoms with Gasteiger partial charge in [0.15, 0.2) is 5.58 Å². The van der Waals surface area contributed by atoms with Crippen molar-refractivity contribution in [3.8, 4) is 0 Å². The van der Waals surface area contributed by atoms with E-state index in [2.05, 4.69) is 5.32 Å². The van der Waals surface area contributed by atoms with Gasteiger partial charge in [-0.25, -0.2) is 13.2 Å². The fraction of sp³-hybridized carbons (Fsp3) is 0.417. The van der Waals surface area contributed by atoms with E-state index in [1.807, 2.05) is 44.2 Å². The number of fused-ring (bicyclic) bond motifs is 1. The normalized spacial score (nSPS) is 15.8. The highest BCUT2D eigenvalue weighted by Gasteiger charge is 2.28. The van der Waals surface area contributed by atoms with Gasteiger partial charge in [-0.05, 0) is 36.5 Å². The minimum Gasteiger partial charge on any atom is -0.408 e. The first-order chi connectivity index (χ1) is 15.8. The molecule has 8 nitrogen and oxygen atoms in total. The van der Waals surface area contributed by atoms with Crippen LogP contribution < -0.4 is 11.1 Å². The summed E-state index contributed by atoms with van der Waals surface area (Å²) >= 11 is 0. The molecule has 1 N–H and O–H groups in total.